The van der Waals surface area contributed by atoms with Crippen LogP contribution >= 0.6 is 38.9 Å². The van der Waals surface area contributed by atoms with Crippen molar-refractivity contribution >= 4 is 49.0 Å². The van der Waals surface area contributed by atoms with Crippen LogP contribution in [-0.4, -0.2) is 25.5 Å². The summed E-state index contributed by atoms with van der Waals surface area (Å²) in [4.78, 5) is 2.22. The van der Waals surface area contributed by atoms with E-state index in [0.29, 0.717) is 0 Å². The highest BCUT2D eigenvalue weighted by Crippen LogP contribution is 2.37. The minimum absolute atomic E-state index is 0.816. The molecule has 1 heterocycles. The number of benzene rings is 1. The Morgan fingerprint density at radius 2 is 2.12 bits per heavy atom. The largest absolute Gasteiger partial charge is 0.309 e. The molecule has 0 fully saturated rings. The third-order valence-electron chi connectivity index (χ3n) is 2.74. The third kappa shape index (κ3) is 3.22. The molecule has 0 spiro atoms. The van der Waals surface area contributed by atoms with E-state index in [2.05, 4.69) is 47.1 Å². The van der Waals surface area contributed by atoms with Gasteiger partial charge in [-0.1, -0.05) is 11.6 Å². The molecular weight excluding hydrogens is 318 g/mol. The highest BCUT2D eigenvalue weighted by Gasteiger charge is 2.10. The first-order valence-electron chi connectivity index (χ1n) is 5.59. The number of hydrogen-bond donors (Lipinski definition) is 0. The van der Waals surface area contributed by atoms with E-state index in [0.717, 1.165) is 18.0 Å². The summed E-state index contributed by atoms with van der Waals surface area (Å²) < 4.78 is 2.55. The number of hydrogen-bond acceptors (Lipinski definition) is 2. The molecule has 0 amide bonds. The fraction of sp³-hybridized carbons (Fsp3) is 0.385. The summed E-state index contributed by atoms with van der Waals surface area (Å²) >= 11 is 11.5. The van der Waals surface area contributed by atoms with Crippen molar-refractivity contribution in [2.75, 3.05) is 20.6 Å². The van der Waals surface area contributed by atoms with Crippen LogP contribution in [0.4, 0.5) is 0 Å². The lowest BCUT2D eigenvalue weighted by Crippen LogP contribution is -2.13. The molecule has 0 bridgehead atoms. The monoisotopic (exact) mass is 331 g/mol. The van der Waals surface area contributed by atoms with Crippen molar-refractivity contribution in [1.29, 1.82) is 0 Å². The molecule has 0 aliphatic carbocycles. The SMILES string of the molecule is CN(C)CCCc1c(Br)sc2ccc(Cl)cc12. The van der Waals surface area contributed by atoms with E-state index < -0.39 is 0 Å². The van der Waals surface area contributed by atoms with Crippen LogP contribution in [0.25, 0.3) is 10.1 Å². The number of fused-ring (bicyclic) bond motifs is 1. The fourth-order valence-electron chi connectivity index (χ4n) is 1.90. The maximum Gasteiger partial charge on any atom is 0.0743 e. The van der Waals surface area contributed by atoms with E-state index in [1.807, 2.05) is 6.07 Å². The lowest BCUT2D eigenvalue weighted by Gasteiger charge is -2.08. The van der Waals surface area contributed by atoms with Crippen molar-refractivity contribution in [3.63, 3.8) is 0 Å². The molecule has 0 saturated carbocycles. The molecule has 1 aromatic heterocycles. The van der Waals surface area contributed by atoms with Crippen molar-refractivity contribution in [3.05, 3.63) is 32.6 Å². The molecule has 0 saturated heterocycles. The molecule has 2 aromatic rings. The van der Waals surface area contributed by atoms with Crippen LogP contribution in [0.1, 0.15) is 12.0 Å². The number of nitrogens with zero attached hydrogens (tertiary/aromatic N) is 1. The second-order valence-electron chi connectivity index (χ2n) is 4.40. The van der Waals surface area contributed by atoms with Gasteiger partial charge >= 0.3 is 0 Å². The van der Waals surface area contributed by atoms with Gasteiger partial charge in [-0.05, 0) is 78.6 Å². The first kappa shape index (κ1) is 13.3. The van der Waals surface area contributed by atoms with Crippen molar-refractivity contribution in [2.45, 2.75) is 12.8 Å². The highest BCUT2D eigenvalue weighted by molar-refractivity contribution is 9.11. The van der Waals surface area contributed by atoms with Crippen molar-refractivity contribution < 1.29 is 0 Å². The summed E-state index contributed by atoms with van der Waals surface area (Å²) in [6.45, 7) is 1.12. The molecule has 0 aliphatic rings. The van der Waals surface area contributed by atoms with Gasteiger partial charge in [0.1, 0.15) is 0 Å². The van der Waals surface area contributed by atoms with Gasteiger partial charge in [-0.2, -0.15) is 0 Å². The Labute approximate surface area is 120 Å². The molecule has 92 valence electrons. The molecule has 0 radical (unpaired) electrons. The lowest BCUT2D eigenvalue weighted by atomic mass is 10.1. The number of rotatable bonds is 4. The molecule has 0 atom stereocenters. The molecule has 1 nitrogen and oxygen atoms in total. The average molecular weight is 333 g/mol. The number of aryl methyl sites for hydroxylation is 1. The first-order valence-corrected chi connectivity index (χ1v) is 7.58. The zero-order chi connectivity index (χ0) is 12.4. The minimum Gasteiger partial charge on any atom is -0.309 e. The molecule has 4 heteroatoms. The summed E-state index contributed by atoms with van der Waals surface area (Å²) in [5, 5.41) is 2.12. The van der Waals surface area contributed by atoms with Gasteiger partial charge in [0, 0.05) is 9.72 Å². The molecule has 2 rings (SSSR count). The van der Waals surface area contributed by atoms with Gasteiger partial charge in [0.2, 0.25) is 0 Å². The minimum atomic E-state index is 0.816. The van der Waals surface area contributed by atoms with Crippen LogP contribution in [0.15, 0.2) is 22.0 Å². The summed E-state index contributed by atoms with van der Waals surface area (Å²) in [5.74, 6) is 0. The quantitative estimate of drug-likeness (QED) is 0.776. The molecule has 0 N–H and O–H groups in total. The summed E-state index contributed by atoms with van der Waals surface area (Å²) in [7, 11) is 4.22. The van der Waals surface area contributed by atoms with Crippen LogP contribution < -0.4 is 0 Å². The predicted molar refractivity (Wildman–Crippen MR) is 81.4 cm³/mol. The Kier molecular flexibility index (Phi) is 4.47. The van der Waals surface area contributed by atoms with Crippen molar-refractivity contribution in [2.24, 2.45) is 0 Å². The molecule has 0 aliphatic heterocycles. The van der Waals surface area contributed by atoms with Crippen LogP contribution in [0.5, 0.6) is 0 Å². The number of halogens is 2. The van der Waals surface area contributed by atoms with Crippen LogP contribution in [-0.2, 0) is 6.42 Å². The maximum atomic E-state index is 6.07. The summed E-state index contributed by atoms with van der Waals surface area (Å²) in [5.41, 5.74) is 1.40. The van der Waals surface area contributed by atoms with Gasteiger partial charge in [0.15, 0.2) is 0 Å². The summed E-state index contributed by atoms with van der Waals surface area (Å²) in [6.07, 6.45) is 2.27. The Hall–Kier alpha value is -0.0900. The Balaban J connectivity index is 2.26. The highest BCUT2D eigenvalue weighted by atomic mass is 79.9. The van der Waals surface area contributed by atoms with Crippen LogP contribution in [0.2, 0.25) is 5.02 Å². The normalized spacial score (nSPS) is 11.6. The summed E-state index contributed by atoms with van der Waals surface area (Å²) in [6, 6.07) is 6.13. The van der Waals surface area contributed by atoms with Crippen molar-refractivity contribution in [1.82, 2.24) is 4.90 Å². The van der Waals surface area contributed by atoms with E-state index >= 15 is 0 Å². The molecule has 0 unspecified atom stereocenters. The van der Waals surface area contributed by atoms with Gasteiger partial charge < -0.3 is 4.90 Å². The third-order valence-corrected chi connectivity index (χ3v) is 4.94. The van der Waals surface area contributed by atoms with E-state index in [9.17, 15) is 0 Å². The van der Waals surface area contributed by atoms with E-state index in [1.54, 1.807) is 11.3 Å². The van der Waals surface area contributed by atoms with Crippen LogP contribution in [0.3, 0.4) is 0 Å². The first-order chi connectivity index (χ1) is 8.08. The smallest absolute Gasteiger partial charge is 0.0743 e. The van der Waals surface area contributed by atoms with Crippen LogP contribution in [0, 0.1) is 0 Å². The van der Waals surface area contributed by atoms with E-state index in [4.69, 9.17) is 11.6 Å². The average Bonchev–Trinajstić information content (AvgIpc) is 2.55. The molecule has 1 aromatic carbocycles. The lowest BCUT2D eigenvalue weighted by molar-refractivity contribution is 0.400. The predicted octanol–water partition coefficient (Wildman–Crippen LogP) is 4.81. The maximum absolute atomic E-state index is 6.07. The number of thiophene rings is 1. The Morgan fingerprint density at radius 3 is 2.82 bits per heavy atom. The second kappa shape index (κ2) is 5.70. The van der Waals surface area contributed by atoms with Crippen molar-refractivity contribution in [3.8, 4) is 0 Å². The Bertz CT molecular complexity index is 521. The van der Waals surface area contributed by atoms with Gasteiger partial charge in [-0.15, -0.1) is 11.3 Å². The van der Waals surface area contributed by atoms with Gasteiger partial charge in [0.25, 0.3) is 0 Å². The van der Waals surface area contributed by atoms with E-state index in [1.165, 1.54) is 25.9 Å². The zero-order valence-corrected chi connectivity index (χ0v) is 13.1. The van der Waals surface area contributed by atoms with Gasteiger partial charge in [-0.3, -0.25) is 0 Å². The van der Waals surface area contributed by atoms with E-state index in [-0.39, 0.29) is 0 Å². The molecule has 17 heavy (non-hydrogen) atoms. The Morgan fingerprint density at radius 1 is 1.35 bits per heavy atom. The fourth-order valence-corrected chi connectivity index (χ4v) is 3.96. The van der Waals surface area contributed by atoms with Gasteiger partial charge in [-0.25, -0.2) is 0 Å². The topological polar surface area (TPSA) is 3.24 Å². The standard InChI is InChI=1S/C13H15BrClNS/c1-16(2)7-3-4-10-11-8-9(15)5-6-12(11)17-13(10)14/h5-6,8H,3-4,7H2,1-2H3. The van der Waals surface area contributed by atoms with Gasteiger partial charge in [0.05, 0.1) is 3.79 Å². The zero-order valence-electron chi connectivity index (χ0n) is 9.96. The second-order valence-corrected chi connectivity index (χ2v) is 7.21. The molecular formula is C13H15BrClNS.